The van der Waals surface area contributed by atoms with Gasteiger partial charge in [0, 0.05) is 44.0 Å². The van der Waals surface area contributed by atoms with Gasteiger partial charge in [0.15, 0.2) is 5.03 Å². The lowest BCUT2D eigenvalue weighted by Crippen LogP contribution is -2.48. The van der Waals surface area contributed by atoms with E-state index in [1.165, 1.54) is 43.8 Å². The molecule has 222 valence electrons. The van der Waals surface area contributed by atoms with Crippen molar-refractivity contribution < 1.29 is 31.5 Å². The summed E-state index contributed by atoms with van der Waals surface area (Å²) in [4.78, 5) is 19.0. The normalized spacial score (nSPS) is 19.1. The summed E-state index contributed by atoms with van der Waals surface area (Å²) in [5.74, 6) is -0.280. The number of fused-ring (bicyclic) bond motifs is 1. The maximum Gasteiger partial charge on any atom is 0.261 e. The molecular weight excluding hydrogens is 570 g/mol. The van der Waals surface area contributed by atoms with Crippen molar-refractivity contribution in [1.82, 2.24) is 18.8 Å². The Morgan fingerprint density at radius 2 is 1.88 bits per heavy atom. The van der Waals surface area contributed by atoms with Crippen molar-refractivity contribution in [2.24, 2.45) is 13.0 Å². The van der Waals surface area contributed by atoms with Gasteiger partial charge in [-0.2, -0.15) is 4.31 Å². The fourth-order valence-electron chi connectivity index (χ4n) is 4.56. The molecule has 4 rings (SSSR count). The molecule has 0 radical (unpaired) electrons. The van der Waals surface area contributed by atoms with Gasteiger partial charge in [0.1, 0.15) is 11.9 Å². The van der Waals surface area contributed by atoms with E-state index < -0.39 is 32.2 Å². The highest BCUT2D eigenvalue weighted by Gasteiger charge is 2.34. The number of aryl methyl sites for hydroxylation is 1. The molecule has 0 aliphatic carbocycles. The second-order valence-corrected chi connectivity index (χ2v) is 14.0. The Kier molecular flexibility index (Phi) is 9.07. The monoisotopic (exact) mass is 605 g/mol. The molecule has 0 spiro atoms. The number of aliphatic hydroxyl groups is 1. The third-order valence-corrected chi connectivity index (χ3v) is 10.1. The number of ether oxygens (including phenoxy) is 1. The highest BCUT2D eigenvalue weighted by molar-refractivity contribution is 7.92. The Balaban J connectivity index is 1.68. The number of nitrogens with zero attached hydrogens (tertiary/aromatic N) is 4. The number of likely N-dealkylation sites (N-methyl/N-ethyl adjacent to an activating group) is 1. The molecular formula is C27H35N5O7S2. The van der Waals surface area contributed by atoms with E-state index in [1.807, 2.05) is 6.92 Å². The molecule has 41 heavy (non-hydrogen) atoms. The molecule has 3 aromatic rings. The Labute approximate surface area is 240 Å². The molecule has 1 amide bonds. The van der Waals surface area contributed by atoms with E-state index in [1.54, 1.807) is 47.7 Å². The van der Waals surface area contributed by atoms with Crippen LogP contribution in [0, 0.1) is 5.92 Å². The van der Waals surface area contributed by atoms with E-state index in [2.05, 4.69) is 9.71 Å². The van der Waals surface area contributed by atoms with Crippen LogP contribution in [0.2, 0.25) is 0 Å². The first-order valence-electron chi connectivity index (χ1n) is 13.0. The van der Waals surface area contributed by atoms with Crippen LogP contribution in [-0.2, 0) is 38.3 Å². The Bertz CT molecular complexity index is 1590. The molecule has 0 bridgehead atoms. The first-order valence-corrected chi connectivity index (χ1v) is 16.0. The fourth-order valence-corrected chi connectivity index (χ4v) is 6.77. The van der Waals surface area contributed by atoms with Crippen LogP contribution in [0.5, 0.6) is 5.75 Å². The van der Waals surface area contributed by atoms with Gasteiger partial charge in [-0.25, -0.2) is 21.8 Å². The summed E-state index contributed by atoms with van der Waals surface area (Å²) in [7, 11) is -4.69. The third kappa shape index (κ3) is 6.89. The van der Waals surface area contributed by atoms with Crippen molar-refractivity contribution in [2.45, 2.75) is 42.3 Å². The van der Waals surface area contributed by atoms with Gasteiger partial charge in [-0.1, -0.05) is 25.1 Å². The summed E-state index contributed by atoms with van der Waals surface area (Å²) >= 11 is 0. The first-order chi connectivity index (χ1) is 19.3. The van der Waals surface area contributed by atoms with Crippen LogP contribution >= 0.6 is 0 Å². The predicted octanol–water partition coefficient (Wildman–Crippen LogP) is 1.69. The largest absolute Gasteiger partial charge is 0.488 e. The number of benzene rings is 2. The number of hydrogen-bond donors (Lipinski definition) is 2. The minimum absolute atomic E-state index is 0.0442. The Morgan fingerprint density at radius 3 is 2.51 bits per heavy atom. The van der Waals surface area contributed by atoms with Gasteiger partial charge >= 0.3 is 0 Å². The van der Waals surface area contributed by atoms with Crippen molar-refractivity contribution in [1.29, 1.82) is 0 Å². The molecule has 0 fully saturated rings. The lowest BCUT2D eigenvalue weighted by Gasteiger charge is -2.33. The lowest BCUT2D eigenvalue weighted by molar-refractivity contribution is -0.134. The van der Waals surface area contributed by atoms with Gasteiger partial charge in [-0.15, -0.1) is 0 Å². The van der Waals surface area contributed by atoms with Crippen molar-refractivity contribution >= 4 is 31.6 Å². The second kappa shape index (κ2) is 12.2. The quantitative estimate of drug-likeness (QED) is 0.374. The number of anilines is 1. The minimum Gasteiger partial charge on any atom is -0.488 e. The van der Waals surface area contributed by atoms with E-state index in [0.717, 1.165) is 4.31 Å². The molecule has 1 aliphatic rings. The maximum absolute atomic E-state index is 13.4. The number of aliphatic hydroxyl groups excluding tert-OH is 1. The second-order valence-electron chi connectivity index (χ2n) is 10.3. The zero-order chi connectivity index (χ0) is 29.9. The van der Waals surface area contributed by atoms with Crippen molar-refractivity contribution in [3.05, 3.63) is 66.6 Å². The smallest absolute Gasteiger partial charge is 0.261 e. The molecule has 0 saturated carbocycles. The van der Waals surface area contributed by atoms with Crippen LogP contribution in [0.15, 0.2) is 71.0 Å². The van der Waals surface area contributed by atoms with Crippen LogP contribution < -0.4 is 9.46 Å². The summed E-state index contributed by atoms with van der Waals surface area (Å²) < 4.78 is 63.8. The van der Waals surface area contributed by atoms with E-state index >= 15 is 0 Å². The average molecular weight is 606 g/mol. The van der Waals surface area contributed by atoms with Crippen LogP contribution in [0.3, 0.4) is 0 Å². The minimum atomic E-state index is -3.92. The zero-order valence-corrected chi connectivity index (χ0v) is 25.0. The number of imidazole rings is 1. The highest BCUT2D eigenvalue weighted by atomic mass is 32.2. The van der Waals surface area contributed by atoms with Crippen LogP contribution in [0.4, 0.5) is 5.69 Å². The molecule has 3 atom stereocenters. The summed E-state index contributed by atoms with van der Waals surface area (Å²) in [6.07, 6.45) is 2.01. The van der Waals surface area contributed by atoms with Crippen molar-refractivity contribution in [3.63, 3.8) is 0 Å². The average Bonchev–Trinajstić information content (AvgIpc) is 3.40. The first kappa shape index (κ1) is 30.5. The summed E-state index contributed by atoms with van der Waals surface area (Å²) in [6, 6.07) is 12.0. The Hall–Kier alpha value is -3.46. The highest BCUT2D eigenvalue weighted by Crippen LogP contribution is 2.30. The molecule has 12 nitrogen and oxygen atoms in total. The van der Waals surface area contributed by atoms with Crippen molar-refractivity contribution in [3.8, 4) is 5.75 Å². The van der Waals surface area contributed by atoms with E-state index in [0.29, 0.717) is 11.3 Å². The number of aromatic nitrogens is 2. The molecule has 1 aliphatic heterocycles. The number of nitrogens with one attached hydrogen (secondary N) is 1. The van der Waals surface area contributed by atoms with Crippen LogP contribution in [0.25, 0.3) is 0 Å². The number of rotatable bonds is 9. The lowest BCUT2D eigenvalue weighted by atomic mass is 10.0. The van der Waals surface area contributed by atoms with Gasteiger partial charge in [0.25, 0.3) is 20.0 Å². The molecule has 2 aromatic carbocycles. The molecule has 2 heterocycles. The van der Waals surface area contributed by atoms with Crippen LogP contribution in [0.1, 0.15) is 19.4 Å². The number of sulfonamides is 2. The SMILES string of the molecule is C[C@@H]1CN([C@H](C)CO)C(=O)Cc2cc(NS(=O)(=O)c3ccccc3)ccc2O[C@@H]1CN(C)S(=O)(=O)c1cn(C)cn1. The number of amides is 1. The zero-order valence-electron chi connectivity index (χ0n) is 23.3. The number of hydrogen-bond acceptors (Lipinski definition) is 8. The van der Waals surface area contributed by atoms with Gasteiger partial charge in [-0.05, 0) is 37.3 Å². The standard InChI is InChI=1S/C27H35N5O7S2/c1-19-14-32(20(2)17-33)27(34)13-21-12-22(29-40(35,36)23-8-6-5-7-9-23)10-11-24(21)39-25(19)15-31(4)41(37,38)26-16-30(3)18-28-26/h5-12,16,18-20,25,29,33H,13-15,17H2,1-4H3/t19-,20-,25-/m1/s1. The summed E-state index contributed by atoms with van der Waals surface area (Å²) in [5.41, 5.74) is 0.664. The number of carbonyl (C=O) groups is 1. The van der Waals surface area contributed by atoms with Gasteiger partial charge in [-0.3, -0.25) is 9.52 Å². The van der Waals surface area contributed by atoms with Crippen molar-refractivity contribution in [2.75, 3.05) is 31.5 Å². The maximum atomic E-state index is 13.4. The molecule has 0 saturated heterocycles. The molecule has 14 heteroatoms. The van der Waals surface area contributed by atoms with Gasteiger partial charge < -0.3 is 19.3 Å². The molecule has 0 unspecified atom stereocenters. The summed E-state index contributed by atoms with van der Waals surface area (Å²) in [5, 5.41) is 9.75. The van der Waals surface area contributed by atoms with Gasteiger partial charge in [0.2, 0.25) is 5.91 Å². The topological polar surface area (TPSA) is 151 Å². The molecule has 2 N–H and O–H groups in total. The molecule has 1 aromatic heterocycles. The Morgan fingerprint density at radius 1 is 1.17 bits per heavy atom. The number of carbonyl (C=O) groups excluding carboxylic acids is 1. The predicted molar refractivity (Wildman–Crippen MR) is 152 cm³/mol. The third-order valence-electron chi connectivity index (χ3n) is 7.02. The van der Waals surface area contributed by atoms with Crippen LogP contribution in [-0.4, -0.2) is 85.5 Å². The van der Waals surface area contributed by atoms with E-state index in [-0.39, 0.29) is 53.6 Å². The fraction of sp³-hybridized carbons (Fsp3) is 0.407. The van der Waals surface area contributed by atoms with E-state index in [9.17, 15) is 26.7 Å². The van der Waals surface area contributed by atoms with Gasteiger partial charge in [0.05, 0.1) is 36.8 Å². The summed E-state index contributed by atoms with van der Waals surface area (Å²) in [6.45, 7) is 3.48. The van der Waals surface area contributed by atoms with E-state index in [4.69, 9.17) is 4.74 Å².